The van der Waals surface area contributed by atoms with Crippen LogP contribution in [0.15, 0.2) is 53.6 Å². The number of likely N-dealkylation sites (N-methyl/N-ethyl adjacent to an activating group) is 1. The summed E-state index contributed by atoms with van der Waals surface area (Å²) < 4.78 is 0. The molecule has 0 atom stereocenters. The molecule has 0 spiro atoms. The number of hydrogen-bond donors (Lipinski definition) is 2. The molecule has 5 heteroatoms. The predicted molar refractivity (Wildman–Crippen MR) is 89.5 cm³/mol. The van der Waals surface area contributed by atoms with Gasteiger partial charge >= 0.3 is 0 Å². The molecular weight excluding hydrogens is 286 g/mol. The Morgan fingerprint density at radius 3 is 2.57 bits per heavy atom. The Labute approximate surface area is 129 Å². The van der Waals surface area contributed by atoms with E-state index in [0.717, 1.165) is 16.9 Å². The Morgan fingerprint density at radius 1 is 1.19 bits per heavy atom. The van der Waals surface area contributed by atoms with Crippen molar-refractivity contribution in [2.24, 2.45) is 5.10 Å². The lowest BCUT2D eigenvalue weighted by molar-refractivity contribution is 0.304. The fourth-order valence-electron chi connectivity index (χ4n) is 1.82. The van der Waals surface area contributed by atoms with Crippen molar-refractivity contribution in [2.45, 2.75) is 0 Å². The predicted octanol–water partition coefficient (Wildman–Crippen LogP) is 3.21. The SMILES string of the molecule is CN(CCO)c1ccc(/C=N\Nc2ccccc2Cl)cc1. The van der Waals surface area contributed by atoms with Crippen molar-refractivity contribution in [2.75, 3.05) is 30.5 Å². The molecular formula is C16H18ClN3O. The van der Waals surface area contributed by atoms with Gasteiger partial charge in [-0.15, -0.1) is 0 Å². The Balaban J connectivity index is 1.97. The molecule has 0 bridgehead atoms. The van der Waals surface area contributed by atoms with Crippen LogP contribution in [0.4, 0.5) is 11.4 Å². The number of para-hydroxylation sites is 1. The van der Waals surface area contributed by atoms with Crippen molar-refractivity contribution in [3.63, 3.8) is 0 Å². The summed E-state index contributed by atoms with van der Waals surface area (Å²) in [6.45, 7) is 0.753. The summed E-state index contributed by atoms with van der Waals surface area (Å²) in [5.41, 5.74) is 5.72. The summed E-state index contributed by atoms with van der Waals surface area (Å²) in [6.07, 6.45) is 1.74. The third-order valence-electron chi connectivity index (χ3n) is 3.04. The molecule has 0 aliphatic carbocycles. The fourth-order valence-corrected chi connectivity index (χ4v) is 2.00. The summed E-state index contributed by atoms with van der Waals surface area (Å²) in [6, 6.07) is 15.4. The number of rotatable bonds is 6. The van der Waals surface area contributed by atoms with Crippen LogP contribution >= 0.6 is 11.6 Å². The topological polar surface area (TPSA) is 47.9 Å². The molecule has 2 N–H and O–H groups in total. The highest BCUT2D eigenvalue weighted by molar-refractivity contribution is 6.33. The second kappa shape index (κ2) is 7.67. The van der Waals surface area contributed by atoms with E-state index in [1.54, 1.807) is 6.21 Å². The summed E-state index contributed by atoms with van der Waals surface area (Å²) in [4.78, 5) is 1.99. The van der Waals surface area contributed by atoms with E-state index in [0.29, 0.717) is 11.6 Å². The zero-order valence-electron chi connectivity index (χ0n) is 11.8. The van der Waals surface area contributed by atoms with E-state index in [9.17, 15) is 0 Å². The van der Waals surface area contributed by atoms with Crippen LogP contribution in [0.5, 0.6) is 0 Å². The molecule has 0 aromatic heterocycles. The van der Waals surface area contributed by atoms with Gasteiger partial charge in [-0.3, -0.25) is 5.43 Å². The van der Waals surface area contributed by atoms with Gasteiger partial charge in [-0.05, 0) is 29.8 Å². The van der Waals surface area contributed by atoms with E-state index < -0.39 is 0 Å². The van der Waals surface area contributed by atoms with Gasteiger partial charge in [0.25, 0.3) is 0 Å². The lowest BCUT2D eigenvalue weighted by atomic mass is 10.2. The average molecular weight is 304 g/mol. The molecule has 0 radical (unpaired) electrons. The molecule has 0 saturated carbocycles. The fraction of sp³-hybridized carbons (Fsp3) is 0.188. The molecule has 2 rings (SSSR count). The molecule has 0 aliphatic rings. The van der Waals surface area contributed by atoms with Crippen molar-refractivity contribution < 1.29 is 5.11 Å². The quantitative estimate of drug-likeness (QED) is 0.636. The van der Waals surface area contributed by atoms with Crippen molar-refractivity contribution in [1.82, 2.24) is 0 Å². The highest BCUT2D eigenvalue weighted by Gasteiger charge is 1.99. The largest absolute Gasteiger partial charge is 0.395 e. The van der Waals surface area contributed by atoms with Crippen LogP contribution < -0.4 is 10.3 Å². The smallest absolute Gasteiger partial charge is 0.0748 e. The number of aliphatic hydroxyl groups excluding tert-OH is 1. The molecule has 2 aromatic carbocycles. The highest BCUT2D eigenvalue weighted by atomic mass is 35.5. The van der Waals surface area contributed by atoms with Gasteiger partial charge in [0.05, 0.1) is 23.5 Å². The second-order valence-electron chi connectivity index (χ2n) is 4.59. The van der Waals surface area contributed by atoms with Gasteiger partial charge in [0.1, 0.15) is 0 Å². The Kier molecular flexibility index (Phi) is 5.60. The molecule has 21 heavy (non-hydrogen) atoms. The number of anilines is 2. The zero-order valence-corrected chi connectivity index (χ0v) is 12.6. The number of benzene rings is 2. The highest BCUT2D eigenvalue weighted by Crippen LogP contribution is 2.20. The number of nitrogens with one attached hydrogen (secondary N) is 1. The monoisotopic (exact) mass is 303 g/mol. The van der Waals surface area contributed by atoms with E-state index in [1.807, 2.05) is 60.5 Å². The van der Waals surface area contributed by atoms with Crippen LogP contribution in [0.25, 0.3) is 0 Å². The Morgan fingerprint density at radius 2 is 1.90 bits per heavy atom. The molecule has 2 aromatic rings. The van der Waals surface area contributed by atoms with E-state index in [-0.39, 0.29) is 6.61 Å². The third kappa shape index (κ3) is 4.48. The maximum atomic E-state index is 8.92. The average Bonchev–Trinajstić information content (AvgIpc) is 2.50. The first-order valence-corrected chi connectivity index (χ1v) is 7.04. The van der Waals surface area contributed by atoms with Crippen LogP contribution in [-0.4, -0.2) is 31.5 Å². The minimum Gasteiger partial charge on any atom is -0.395 e. The minimum atomic E-state index is 0.140. The van der Waals surface area contributed by atoms with Crippen molar-refractivity contribution in [3.05, 3.63) is 59.1 Å². The molecule has 110 valence electrons. The van der Waals surface area contributed by atoms with Crippen LogP contribution in [0, 0.1) is 0 Å². The zero-order chi connectivity index (χ0) is 15.1. The molecule has 0 aliphatic heterocycles. The lowest BCUT2D eigenvalue weighted by Crippen LogP contribution is -2.20. The summed E-state index contributed by atoms with van der Waals surface area (Å²) in [5.74, 6) is 0. The van der Waals surface area contributed by atoms with E-state index in [2.05, 4.69) is 10.5 Å². The molecule has 0 heterocycles. The second-order valence-corrected chi connectivity index (χ2v) is 4.99. The van der Waals surface area contributed by atoms with Crippen LogP contribution in [-0.2, 0) is 0 Å². The summed E-state index contributed by atoms with van der Waals surface area (Å²) in [5, 5.41) is 13.7. The number of nitrogens with zero attached hydrogens (tertiary/aromatic N) is 2. The number of hydrazone groups is 1. The third-order valence-corrected chi connectivity index (χ3v) is 3.37. The summed E-state index contributed by atoms with van der Waals surface area (Å²) in [7, 11) is 1.94. The maximum absolute atomic E-state index is 8.92. The first-order chi connectivity index (χ1) is 10.2. The first kappa shape index (κ1) is 15.4. The molecule has 0 saturated heterocycles. The molecule has 0 unspecified atom stereocenters. The minimum absolute atomic E-state index is 0.140. The van der Waals surface area contributed by atoms with E-state index in [4.69, 9.17) is 16.7 Å². The van der Waals surface area contributed by atoms with Gasteiger partial charge in [-0.2, -0.15) is 5.10 Å². The molecule has 0 amide bonds. The van der Waals surface area contributed by atoms with Gasteiger partial charge < -0.3 is 10.0 Å². The van der Waals surface area contributed by atoms with E-state index >= 15 is 0 Å². The number of hydrogen-bond acceptors (Lipinski definition) is 4. The number of aliphatic hydroxyl groups is 1. The first-order valence-electron chi connectivity index (χ1n) is 6.66. The molecule has 4 nitrogen and oxygen atoms in total. The van der Waals surface area contributed by atoms with Gasteiger partial charge in [0.2, 0.25) is 0 Å². The van der Waals surface area contributed by atoms with Gasteiger partial charge in [0, 0.05) is 19.3 Å². The van der Waals surface area contributed by atoms with E-state index in [1.165, 1.54) is 0 Å². The Hall–Kier alpha value is -2.04. The van der Waals surface area contributed by atoms with Gasteiger partial charge in [-0.25, -0.2) is 0 Å². The van der Waals surface area contributed by atoms with Gasteiger partial charge in [-0.1, -0.05) is 35.9 Å². The maximum Gasteiger partial charge on any atom is 0.0748 e. The van der Waals surface area contributed by atoms with Crippen LogP contribution in [0.2, 0.25) is 5.02 Å². The van der Waals surface area contributed by atoms with Crippen molar-refractivity contribution in [3.8, 4) is 0 Å². The van der Waals surface area contributed by atoms with Crippen molar-refractivity contribution >= 4 is 29.2 Å². The number of halogens is 1. The van der Waals surface area contributed by atoms with Crippen LogP contribution in [0.1, 0.15) is 5.56 Å². The van der Waals surface area contributed by atoms with Crippen molar-refractivity contribution in [1.29, 1.82) is 0 Å². The van der Waals surface area contributed by atoms with Crippen LogP contribution in [0.3, 0.4) is 0 Å². The standard InChI is InChI=1S/C16H18ClN3O/c1-20(10-11-21)14-8-6-13(7-9-14)12-18-19-16-5-3-2-4-15(16)17/h2-9,12,19,21H,10-11H2,1H3/b18-12-. The molecule has 0 fully saturated rings. The summed E-state index contributed by atoms with van der Waals surface area (Å²) >= 11 is 6.03. The Bertz CT molecular complexity index is 599. The van der Waals surface area contributed by atoms with Gasteiger partial charge in [0.15, 0.2) is 0 Å². The lowest BCUT2D eigenvalue weighted by Gasteiger charge is -2.17. The normalized spacial score (nSPS) is 10.8.